The van der Waals surface area contributed by atoms with Gasteiger partial charge in [-0.15, -0.1) is 11.3 Å². The van der Waals surface area contributed by atoms with Crippen molar-refractivity contribution in [1.29, 1.82) is 0 Å². The van der Waals surface area contributed by atoms with Crippen molar-refractivity contribution in [1.82, 2.24) is 40.2 Å². The van der Waals surface area contributed by atoms with Crippen molar-refractivity contribution in [2.24, 2.45) is 5.41 Å². The molecule has 9 rings (SSSR count). The molecule has 16 nitrogen and oxygen atoms in total. The molecule has 3 fully saturated rings. The van der Waals surface area contributed by atoms with Gasteiger partial charge in [0.05, 0.1) is 28.8 Å². The lowest BCUT2D eigenvalue weighted by Crippen LogP contribution is -2.58. The summed E-state index contributed by atoms with van der Waals surface area (Å²) in [6, 6.07) is 21.6. The predicted molar refractivity (Wildman–Crippen MR) is 318 cm³/mol. The number of ketones is 1. The highest BCUT2D eigenvalue weighted by Gasteiger charge is 2.44. The van der Waals surface area contributed by atoms with Gasteiger partial charge in [0, 0.05) is 119 Å². The van der Waals surface area contributed by atoms with Crippen LogP contribution in [0.15, 0.2) is 101 Å². The molecule has 0 spiro atoms. The summed E-state index contributed by atoms with van der Waals surface area (Å²) >= 11 is 1.58. The lowest BCUT2D eigenvalue weighted by Gasteiger charge is -2.35. The number of aliphatic hydroxyl groups excluding tert-OH is 1. The molecular formula is C64H82N8O8S. The van der Waals surface area contributed by atoms with Crippen LogP contribution < -0.4 is 16.0 Å². The standard InChI is InChI=1S/C64H82N8O8S/c1-42-31-43(2)54(57(74)32-42)37-66-61(76)53-33-49(34-55-52(53)21-22-71(55)50-11-7-8-12-50)47-17-15-46(16-18-47)38-70-25-23-69(24-26-70)27-30-79-28-9-10-29-80-40-58(75)68-60(64(4,5)6)63(78)72-39-51(73)35-56(72)62(77)65-36-45-13-19-48(20-14-45)59-44(3)67-41-81-59/h13-22,31,33-34,41,50-51,56,60,73H,7-12,23-30,32,35-40H2,1-6H3,(H,65,77)(H,66,76)(H,68,75)/t51-,56+,60-/m1/s1. The first-order valence-corrected chi connectivity index (χ1v) is 29.9. The quantitative estimate of drug-likeness (QED) is 0.0459. The first kappa shape index (κ1) is 59.3. The van der Waals surface area contributed by atoms with Gasteiger partial charge in [0.25, 0.3) is 5.91 Å². The molecular weight excluding hydrogens is 1040 g/mol. The topological polar surface area (TPSA) is 188 Å². The Hall–Kier alpha value is -6.34. The Morgan fingerprint density at radius 2 is 1.51 bits per heavy atom. The number of unbranched alkanes of at least 4 members (excludes halogenated alkanes) is 1. The van der Waals surface area contributed by atoms with Crippen molar-refractivity contribution in [3.63, 3.8) is 0 Å². The zero-order chi connectivity index (χ0) is 57.2. The summed E-state index contributed by atoms with van der Waals surface area (Å²) in [5.41, 5.74) is 11.7. The van der Waals surface area contributed by atoms with E-state index >= 15 is 0 Å². The van der Waals surface area contributed by atoms with Gasteiger partial charge in [-0.1, -0.05) is 93.8 Å². The second-order valence-corrected chi connectivity index (χ2v) is 24.5. The summed E-state index contributed by atoms with van der Waals surface area (Å²) in [7, 11) is 0. The minimum Gasteiger partial charge on any atom is -0.391 e. The number of carbonyl (C=O) groups is 5. The van der Waals surface area contributed by atoms with Gasteiger partial charge in [-0.3, -0.25) is 33.8 Å². The predicted octanol–water partition coefficient (Wildman–Crippen LogP) is 8.56. The fraction of sp³-hybridized carbons (Fsp3) is 0.500. The van der Waals surface area contributed by atoms with E-state index in [1.165, 1.54) is 23.3 Å². The summed E-state index contributed by atoms with van der Waals surface area (Å²) in [5, 5.41) is 20.5. The number of β-amino-alcohol motifs (C(OH)–C–C–N with tert-alkyl or cyclic N) is 1. The lowest BCUT2D eigenvalue weighted by atomic mass is 9.85. The van der Waals surface area contributed by atoms with Gasteiger partial charge in [-0.05, 0) is 103 Å². The molecule has 81 heavy (non-hydrogen) atoms. The van der Waals surface area contributed by atoms with Gasteiger partial charge in [-0.25, -0.2) is 4.98 Å². The normalized spacial score (nSPS) is 18.9. The van der Waals surface area contributed by atoms with E-state index in [0.29, 0.717) is 43.4 Å². The van der Waals surface area contributed by atoms with Crippen molar-refractivity contribution in [2.75, 3.05) is 72.2 Å². The van der Waals surface area contributed by atoms with Crippen molar-refractivity contribution in [3.05, 3.63) is 124 Å². The molecule has 3 aromatic carbocycles. The summed E-state index contributed by atoms with van der Waals surface area (Å²) in [5.74, 6) is -1.29. The molecule has 0 unspecified atom stereocenters. The Kier molecular flexibility index (Phi) is 19.9. The number of hydrogen-bond donors (Lipinski definition) is 4. The Morgan fingerprint density at radius 1 is 0.815 bits per heavy atom. The number of piperazine rings is 1. The van der Waals surface area contributed by atoms with E-state index in [2.05, 4.69) is 77.9 Å². The van der Waals surface area contributed by atoms with Crippen LogP contribution in [0.3, 0.4) is 0 Å². The van der Waals surface area contributed by atoms with Gasteiger partial charge < -0.3 is 40.0 Å². The van der Waals surface area contributed by atoms with E-state index in [1.54, 1.807) is 11.3 Å². The monoisotopic (exact) mass is 1120 g/mol. The van der Waals surface area contributed by atoms with Gasteiger partial charge in [0.15, 0.2) is 5.78 Å². The van der Waals surface area contributed by atoms with Crippen LogP contribution in [0, 0.1) is 12.3 Å². The number of aliphatic hydroxyl groups is 1. The third-order valence-corrected chi connectivity index (χ3v) is 17.4. The zero-order valence-electron chi connectivity index (χ0n) is 48.2. The number of thiazole rings is 1. The largest absolute Gasteiger partial charge is 0.391 e. The average Bonchev–Trinajstić information content (AvgIpc) is 4.37. The number of ether oxygens (including phenoxy) is 2. The van der Waals surface area contributed by atoms with Gasteiger partial charge in [0.1, 0.15) is 18.7 Å². The number of nitrogens with one attached hydrogen (secondary N) is 3. The van der Waals surface area contributed by atoms with Gasteiger partial charge in [-0.2, -0.15) is 0 Å². The van der Waals surface area contributed by atoms with Crippen molar-refractivity contribution in [2.45, 2.75) is 130 Å². The van der Waals surface area contributed by atoms with Crippen LogP contribution in [0.2, 0.25) is 0 Å². The molecule has 4 aliphatic rings. The Bertz CT molecular complexity index is 3090. The Morgan fingerprint density at radius 3 is 2.20 bits per heavy atom. The molecule has 0 bridgehead atoms. The molecule has 5 aromatic rings. The van der Waals surface area contributed by atoms with E-state index in [-0.39, 0.29) is 50.3 Å². The van der Waals surface area contributed by atoms with Crippen LogP contribution in [0.1, 0.15) is 119 Å². The fourth-order valence-electron chi connectivity index (χ4n) is 11.8. The van der Waals surface area contributed by atoms with E-state index in [9.17, 15) is 29.1 Å². The van der Waals surface area contributed by atoms with Gasteiger partial charge >= 0.3 is 0 Å². The second kappa shape index (κ2) is 27.2. The third-order valence-electron chi connectivity index (χ3n) is 16.4. The number of Topliss-reactive ketones (excluding diaryl/α,β-unsaturated/α-hetero) is 1. The maximum absolute atomic E-state index is 14.0. The number of rotatable bonds is 23. The van der Waals surface area contributed by atoms with Crippen LogP contribution in [0.4, 0.5) is 0 Å². The number of likely N-dealkylation sites (tertiary alicyclic amines) is 1. The van der Waals surface area contributed by atoms with Crippen LogP contribution in [-0.2, 0) is 41.7 Å². The van der Waals surface area contributed by atoms with Crippen LogP contribution >= 0.6 is 11.3 Å². The smallest absolute Gasteiger partial charge is 0.252 e. The molecule has 2 saturated heterocycles. The number of aryl methyl sites for hydroxylation is 1. The summed E-state index contributed by atoms with van der Waals surface area (Å²) in [6.45, 7) is 18.9. The number of nitrogens with zero attached hydrogens (tertiary/aromatic N) is 5. The molecule has 4 N–H and O–H groups in total. The summed E-state index contributed by atoms with van der Waals surface area (Å²) in [6.07, 6.45) is 10.0. The maximum atomic E-state index is 14.0. The first-order chi connectivity index (χ1) is 39.0. The molecule has 2 aromatic heterocycles. The number of fused-ring (bicyclic) bond motifs is 1. The minimum atomic E-state index is -0.935. The molecule has 2 aliphatic carbocycles. The molecule has 4 amide bonds. The van der Waals surface area contributed by atoms with Crippen LogP contribution in [0.5, 0.6) is 0 Å². The summed E-state index contributed by atoms with van der Waals surface area (Å²) in [4.78, 5) is 79.3. The highest BCUT2D eigenvalue weighted by atomic mass is 32.1. The van der Waals surface area contributed by atoms with Crippen LogP contribution in [-0.4, -0.2) is 149 Å². The van der Waals surface area contributed by atoms with Gasteiger partial charge in [0.2, 0.25) is 17.7 Å². The van der Waals surface area contributed by atoms with E-state index in [1.807, 2.05) is 83.5 Å². The molecule has 0 radical (unpaired) electrons. The summed E-state index contributed by atoms with van der Waals surface area (Å²) < 4.78 is 14.1. The van der Waals surface area contributed by atoms with E-state index < -0.39 is 35.4 Å². The number of aromatic nitrogens is 2. The van der Waals surface area contributed by atoms with Crippen molar-refractivity contribution >= 4 is 51.7 Å². The molecule has 1 saturated carbocycles. The minimum absolute atomic E-state index is 0.00164. The average molecular weight is 1120 g/mol. The van der Waals surface area contributed by atoms with E-state index in [0.717, 1.165) is 120 Å². The highest BCUT2D eigenvalue weighted by Crippen LogP contribution is 2.37. The number of carbonyl (C=O) groups excluding carboxylic acids is 5. The number of benzene rings is 3. The number of amides is 4. The highest BCUT2D eigenvalue weighted by molar-refractivity contribution is 7.13. The first-order valence-electron chi connectivity index (χ1n) is 29.1. The van der Waals surface area contributed by atoms with Crippen molar-refractivity contribution in [3.8, 4) is 21.6 Å². The Balaban J connectivity index is 0.662. The maximum Gasteiger partial charge on any atom is 0.252 e. The second-order valence-electron chi connectivity index (χ2n) is 23.7. The number of hydrogen-bond acceptors (Lipinski definition) is 12. The van der Waals surface area contributed by atoms with E-state index in [4.69, 9.17) is 9.47 Å². The third kappa shape index (κ3) is 15.2. The zero-order valence-corrected chi connectivity index (χ0v) is 49.0. The molecule has 432 valence electrons. The Labute approximate surface area is 481 Å². The fourth-order valence-corrected chi connectivity index (χ4v) is 12.6. The number of allylic oxidation sites excluding steroid dienone is 3. The van der Waals surface area contributed by atoms with Crippen molar-refractivity contribution < 1.29 is 38.6 Å². The molecule has 17 heteroatoms. The lowest BCUT2D eigenvalue weighted by molar-refractivity contribution is -0.144. The van der Waals surface area contributed by atoms with Crippen LogP contribution in [0.25, 0.3) is 32.5 Å². The molecule has 4 heterocycles. The molecule has 2 aliphatic heterocycles. The SMILES string of the molecule is CC1=CC(C)=C(CNC(=O)c2cc(-c3ccc(CN4CCN(CCOCCCCOCC(=O)N[C@H](C(=O)N5C[C@H](O)C[C@H]5C(=O)NCc5ccc(-c6scnc6C)cc5)C(C)(C)C)CC4)cc3)cc3c2ccn3C2CCCC2)C(=O)C1. The molecule has 3 atom stereocenters.